The van der Waals surface area contributed by atoms with Gasteiger partial charge in [0.1, 0.15) is 18.1 Å². The summed E-state index contributed by atoms with van der Waals surface area (Å²) in [5.74, 6) is -2.63. The van der Waals surface area contributed by atoms with Crippen molar-refractivity contribution in [3.05, 3.63) is 0 Å². The number of hydrogen-bond donors (Lipinski definition) is 5. The molecule has 0 aliphatic rings. The highest BCUT2D eigenvalue weighted by molar-refractivity contribution is 5.92. The summed E-state index contributed by atoms with van der Waals surface area (Å²) in [6, 6.07) is -3.12. The molecule has 0 aromatic heterocycles. The van der Waals surface area contributed by atoms with E-state index in [1.807, 2.05) is 6.92 Å². The molecule has 0 fully saturated rings. The number of carboxylic acids is 1. The van der Waals surface area contributed by atoms with E-state index in [-0.39, 0.29) is 5.92 Å². The summed E-state index contributed by atoms with van der Waals surface area (Å²) in [5.41, 5.74) is 5.51. The Morgan fingerprint density at radius 1 is 1.10 bits per heavy atom. The Kier molecular flexibility index (Phi) is 7.90. The topological polar surface area (TPSA) is 142 Å². The molecule has 0 bridgehead atoms. The lowest BCUT2D eigenvalue weighted by atomic mass is 9.97. The Hall–Kier alpha value is -1.67. The minimum Gasteiger partial charge on any atom is -0.480 e. The predicted molar refractivity (Wildman–Crippen MR) is 76.3 cm³/mol. The number of rotatable bonds is 8. The van der Waals surface area contributed by atoms with E-state index in [9.17, 15) is 19.5 Å². The average Bonchev–Trinajstić information content (AvgIpc) is 2.41. The largest absolute Gasteiger partial charge is 0.480 e. The monoisotopic (exact) mass is 303 g/mol. The van der Waals surface area contributed by atoms with E-state index in [4.69, 9.17) is 10.8 Å². The zero-order chi connectivity index (χ0) is 16.7. The fourth-order valence-corrected chi connectivity index (χ4v) is 1.54. The van der Waals surface area contributed by atoms with Crippen molar-refractivity contribution in [2.45, 2.75) is 58.3 Å². The summed E-state index contributed by atoms with van der Waals surface area (Å²) in [7, 11) is 0. The van der Waals surface area contributed by atoms with E-state index in [0.29, 0.717) is 6.42 Å². The minimum atomic E-state index is -1.17. The van der Waals surface area contributed by atoms with E-state index in [0.717, 1.165) is 0 Å². The fourth-order valence-electron chi connectivity index (χ4n) is 1.54. The van der Waals surface area contributed by atoms with Crippen LogP contribution in [-0.2, 0) is 14.4 Å². The highest BCUT2D eigenvalue weighted by Gasteiger charge is 2.30. The van der Waals surface area contributed by atoms with Crippen LogP contribution >= 0.6 is 0 Å². The van der Waals surface area contributed by atoms with Gasteiger partial charge >= 0.3 is 5.97 Å². The van der Waals surface area contributed by atoms with E-state index >= 15 is 0 Å². The maximum absolute atomic E-state index is 12.1. The van der Waals surface area contributed by atoms with Crippen LogP contribution in [0.4, 0.5) is 0 Å². The van der Waals surface area contributed by atoms with Gasteiger partial charge in [0.05, 0.1) is 6.10 Å². The number of nitrogens with one attached hydrogen (secondary N) is 2. The maximum Gasteiger partial charge on any atom is 0.325 e. The van der Waals surface area contributed by atoms with Gasteiger partial charge in [-0.05, 0) is 19.8 Å². The molecule has 5 atom stereocenters. The summed E-state index contributed by atoms with van der Waals surface area (Å²) in [6.07, 6.45) is -0.451. The van der Waals surface area contributed by atoms with Gasteiger partial charge in [0, 0.05) is 0 Å². The van der Waals surface area contributed by atoms with Gasteiger partial charge in [-0.3, -0.25) is 14.4 Å². The molecular formula is C13H25N3O5. The smallest absolute Gasteiger partial charge is 0.325 e. The van der Waals surface area contributed by atoms with Crippen LogP contribution in [0.15, 0.2) is 0 Å². The Labute approximate surface area is 124 Å². The van der Waals surface area contributed by atoms with Crippen LogP contribution in [0.3, 0.4) is 0 Å². The molecule has 21 heavy (non-hydrogen) atoms. The second-order valence-electron chi connectivity index (χ2n) is 5.21. The molecule has 0 aromatic carbocycles. The molecule has 0 aromatic rings. The van der Waals surface area contributed by atoms with Crippen molar-refractivity contribution in [3.8, 4) is 0 Å². The van der Waals surface area contributed by atoms with Gasteiger partial charge in [0.25, 0.3) is 0 Å². The summed E-state index contributed by atoms with van der Waals surface area (Å²) in [6.45, 7) is 6.29. The number of hydrogen-bond acceptors (Lipinski definition) is 5. The molecule has 0 rings (SSSR count). The zero-order valence-corrected chi connectivity index (χ0v) is 12.8. The number of nitrogens with two attached hydrogens (primary N) is 1. The first-order valence-corrected chi connectivity index (χ1v) is 6.88. The molecular weight excluding hydrogens is 278 g/mol. The molecule has 8 heteroatoms. The number of aliphatic carboxylic acids is 1. The number of carbonyl (C=O) groups excluding carboxylic acids is 2. The summed E-state index contributed by atoms with van der Waals surface area (Å²) >= 11 is 0. The second-order valence-corrected chi connectivity index (χ2v) is 5.21. The highest BCUT2D eigenvalue weighted by atomic mass is 16.4. The van der Waals surface area contributed by atoms with Gasteiger partial charge in [-0.1, -0.05) is 20.3 Å². The predicted octanol–water partition coefficient (Wildman–Crippen LogP) is -1.19. The molecule has 0 aliphatic heterocycles. The van der Waals surface area contributed by atoms with Crippen LogP contribution in [0, 0.1) is 5.92 Å². The highest BCUT2D eigenvalue weighted by Crippen LogP contribution is 2.09. The van der Waals surface area contributed by atoms with Crippen molar-refractivity contribution in [1.29, 1.82) is 0 Å². The Morgan fingerprint density at radius 2 is 1.62 bits per heavy atom. The molecule has 122 valence electrons. The fraction of sp³-hybridized carbons (Fsp3) is 0.769. The maximum atomic E-state index is 12.1. The van der Waals surface area contributed by atoms with Gasteiger partial charge in [-0.2, -0.15) is 0 Å². The lowest BCUT2D eigenvalue weighted by Crippen LogP contribution is -2.57. The number of carboxylic acid groups (broad SMARTS) is 1. The van der Waals surface area contributed by atoms with E-state index in [1.54, 1.807) is 6.92 Å². The molecule has 2 amide bonds. The van der Waals surface area contributed by atoms with Crippen LogP contribution in [0.25, 0.3) is 0 Å². The van der Waals surface area contributed by atoms with Gasteiger partial charge in [0.2, 0.25) is 11.8 Å². The summed E-state index contributed by atoms with van der Waals surface area (Å²) < 4.78 is 0. The van der Waals surface area contributed by atoms with Crippen molar-refractivity contribution in [3.63, 3.8) is 0 Å². The number of aliphatic hydroxyl groups is 1. The number of aliphatic hydroxyl groups excluding tert-OH is 1. The standard InChI is InChI=1S/C13H25N3O5/c1-5-6(2)10(12(19)15-7(3)13(20)21)16-11(18)9(14)8(4)17/h6-10,17H,5,14H2,1-4H3,(H,15,19)(H,16,18)(H,20,21)/t6-,7-,8+,9-,10-/m0/s1. The first-order chi connectivity index (χ1) is 9.61. The second kappa shape index (κ2) is 8.58. The molecule has 0 saturated heterocycles. The number of amides is 2. The summed E-state index contributed by atoms with van der Waals surface area (Å²) in [5, 5.41) is 22.9. The first-order valence-electron chi connectivity index (χ1n) is 6.88. The van der Waals surface area contributed by atoms with Crippen LogP contribution in [0.2, 0.25) is 0 Å². The van der Waals surface area contributed by atoms with Crippen LogP contribution < -0.4 is 16.4 Å². The third-order valence-electron chi connectivity index (χ3n) is 3.34. The van der Waals surface area contributed by atoms with Gasteiger partial charge in [0.15, 0.2) is 0 Å². The Bertz CT molecular complexity index is 386. The van der Waals surface area contributed by atoms with E-state index in [1.165, 1.54) is 13.8 Å². The van der Waals surface area contributed by atoms with E-state index < -0.39 is 42.0 Å². The zero-order valence-electron chi connectivity index (χ0n) is 12.8. The normalized spacial score (nSPS) is 18.0. The van der Waals surface area contributed by atoms with Crippen molar-refractivity contribution in [1.82, 2.24) is 10.6 Å². The van der Waals surface area contributed by atoms with Crippen molar-refractivity contribution < 1.29 is 24.6 Å². The van der Waals surface area contributed by atoms with Crippen LogP contribution in [-0.4, -0.2) is 52.2 Å². The lowest BCUT2D eigenvalue weighted by molar-refractivity contribution is -0.142. The molecule has 0 radical (unpaired) electrons. The van der Waals surface area contributed by atoms with Crippen LogP contribution in [0.1, 0.15) is 34.1 Å². The van der Waals surface area contributed by atoms with Crippen LogP contribution in [0.5, 0.6) is 0 Å². The first kappa shape index (κ1) is 19.3. The molecule has 0 unspecified atom stereocenters. The molecule has 0 aliphatic carbocycles. The minimum absolute atomic E-state index is 0.212. The SMILES string of the molecule is CC[C@H](C)[C@H](NC(=O)[C@@H](N)[C@@H](C)O)C(=O)N[C@@H](C)C(=O)O. The summed E-state index contributed by atoms with van der Waals surface area (Å²) in [4.78, 5) is 34.7. The third kappa shape index (κ3) is 6.09. The van der Waals surface area contributed by atoms with Gasteiger partial charge < -0.3 is 26.6 Å². The van der Waals surface area contributed by atoms with Crippen molar-refractivity contribution in [2.75, 3.05) is 0 Å². The Morgan fingerprint density at radius 3 is 2.00 bits per heavy atom. The van der Waals surface area contributed by atoms with E-state index in [2.05, 4.69) is 10.6 Å². The quantitative estimate of drug-likeness (QED) is 0.382. The average molecular weight is 303 g/mol. The van der Waals surface area contributed by atoms with Crippen molar-refractivity contribution in [2.24, 2.45) is 11.7 Å². The Balaban J connectivity index is 4.92. The van der Waals surface area contributed by atoms with Gasteiger partial charge in [-0.15, -0.1) is 0 Å². The molecule has 0 saturated carbocycles. The number of carbonyl (C=O) groups is 3. The van der Waals surface area contributed by atoms with Crippen molar-refractivity contribution >= 4 is 17.8 Å². The van der Waals surface area contributed by atoms with Gasteiger partial charge in [-0.25, -0.2) is 0 Å². The lowest BCUT2D eigenvalue weighted by Gasteiger charge is -2.26. The molecule has 8 nitrogen and oxygen atoms in total. The molecule has 0 heterocycles. The third-order valence-corrected chi connectivity index (χ3v) is 3.34. The molecule has 0 spiro atoms. The molecule has 6 N–H and O–H groups in total.